The summed E-state index contributed by atoms with van der Waals surface area (Å²) in [5.74, 6) is 0. The molecule has 21 heavy (non-hydrogen) atoms. The van der Waals surface area contributed by atoms with Gasteiger partial charge in [0.1, 0.15) is 0 Å². The molecule has 2 rings (SSSR count). The molecule has 4 nitrogen and oxygen atoms in total. The van der Waals surface area contributed by atoms with E-state index < -0.39 is 6.10 Å². The number of halogens is 1. The molecule has 0 spiro atoms. The Kier molecular flexibility index (Phi) is 6.45. The Hall–Kier alpha value is -0.650. The van der Waals surface area contributed by atoms with Gasteiger partial charge in [-0.1, -0.05) is 29.8 Å². The van der Waals surface area contributed by atoms with E-state index in [1.165, 1.54) is 6.42 Å². The number of nitrogens with one attached hydrogen (secondary N) is 1. The van der Waals surface area contributed by atoms with Crippen LogP contribution in [0.25, 0.3) is 0 Å². The zero-order valence-corrected chi connectivity index (χ0v) is 13.2. The molecule has 1 aromatic carbocycles. The molecule has 0 saturated heterocycles. The highest BCUT2D eigenvalue weighted by atomic mass is 35.5. The summed E-state index contributed by atoms with van der Waals surface area (Å²) in [5, 5.41) is 13.8. The van der Waals surface area contributed by atoms with Gasteiger partial charge >= 0.3 is 0 Å². The minimum absolute atomic E-state index is 0.0157. The minimum Gasteiger partial charge on any atom is -0.389 e. The molecule has 1 aliphatic carbocycles. The van der Waals surface area contributed by atoms with Crippen LogP contribution in [-0.2, 0) is 16.1 Å². The van der Waals surface area contributed by atoms with Gasteiger partial charge in [0.05, 0.1) is 24.9 Å². The molecule has 1 aliphatic rings. The highest BCUT2D eigenvalue weighted by molar-refractivity contribution is 6.31. The first kappa shape index (κ1) is 16.7. The molecule has 118 valence electrons. The fourth-order valence-corrected chi connectivity index (χ4v) is 2.66. The molecule has 0 bridgehead atoms. The van der Waals surface area contributed by atoms with Crippen LogP contribution in [0.2, 0.25) is 5.02 Å². The summed E-state index contributed by atoms with van der Waals surface area (Å²) in [6, 6.07) is 7.56. The van der Waals surface area contributed by atoms with Crippen molar-refractivity contribution in [3.8, 4) is 0 Å². The normalized spacial score (nSPS) is 18.2. The maximum absolute atomic E-state index is 9.90. The zero-order chi connectivity index (χ0) is 15.1. The molecule has 1 atom stereocenters. The third-order valence-electron chi connectivity index (χ3n) is 4.05. The van der Waals surface area contributed by atoms with Crippen LogP contribution in [0, 0.1) is 0 Å². The summed E-state index contributed by atoms with van der Waals surface area (Å²) in [7, 11) is 1.75. The lowest BCUT2D eigenvalue weighted by atomic mass is 9.80. The summed E-state index contributed by atoms with van der Waals surface area (Å²) >= 11 is 6.04. The number of hydrogen-bond acceptors (Lipinski definition) is 4. The van der Waals surface area contributed by atoms with Crippen LogP contribution in [0.5, 0.6) is 0 Å². The Bertz CT molecular complexity index is 432. The van der Waals surface area contributed by atoms with Crippen molar-refractivity contribution in [1.82, 2.24) is 5.32 Å². The van der Waals surface area contributed by atoms with E-state index in [0.717, 1.165) is 24.9 Å². The lowest BCUT2D eigenvalue weighted by molar-refractivity contribution is -0.0713. The van der Waals surface area contributed by atoms with E-state index in [9.17, 15) is 5.11 Å². The standard InChI is InChI=1S/C16H24ClNO3/c1-20-16(7-4-8-16)12-18-9-14(19)11-21-10-13-5-2-3-6-15(13)17/h2-3,5-6,14,18-19H,4,7-12H2,1H3. The molecule has 0 heterocycles. The topological polar surface area (TPSA) is 50.7 Å². The molecule has 0 radical (unpaired) electrons. The third kappa shape index (κ3) is 4.94. The van der Waals surface area contributed by atoms with Crippen LogP contribution < -0.4 is 5.32 Å². The van der Waals surface area contributed by atoms with Gasteiger partial charge in [0.15, 0.2) is 0 Å². The predicted molar refractivity (Wildman–Crippen MR) is 83.6 cm³/mol. The zero-order valence-electron chi connectivity index (χ0n) is 12.5. The average molecular weight is 314 g/mol. The minimum atomic E-state index is -0.526. The molecule has 1 saturated carbocycles. The van der Waals surface area contributed by atoms with Crippen LogP contribution in [0.15, 0.2) is 24.3 Å². The first-order chi connectivity index (χ1) is 10.2. The monoisotopic (exact) mass is 313 g/mol. The Balaban J connectivity index is 1.59. The first-order valence-corrected chi connectivity index (χ1v) is 7.78. The van der Waals surface area contributed by atoms with E-state index in [2.05, 4.69) is 5.32 Å². The van der Waals surface area contributed by atoms with E-state index in [1.54, 1.807) is 7.11 Å². The van der Waals surface area contributed by atoms with Gasteiger partial charge in [-0.25, -0.2) is 0 Å². The molecule has 0 amide bonds. The lowest BCUT2D eigenvalue weighted by Gasteiger charge is -2.40. The van der Waals surface area contributed by atoms with Crippen molar-refractivity contribution in [3.05, 3.63) is 34.9 Å². The maximum atomic E-state index is 9.90. The lowest BCUT2D eigenvalue weighted by Crippen LogP contribution is -2.49. The van der Waals surface area contributed by atoms with E-state index in [0.29, 0.717) is 18.2 Å². The van der Waals surface area contributed by atoms with E-state index in [4.69, 9.17) is 21.1 Å². The largest absolute Gasteiger partial charge is 0.389 e. The van der Waals surface area contributed by atoms with E-state index in [1.807, 2.05) is 24.3 Å². The molecule has 1 aromatic rings. The number of methoxy groups -OCH3 is 1. The van der Waals surface area contributed by atoms with Crippen molar-refractivity contribution in [2.45, 2.75) is 37.6 Å². The number of rotatable bonds is 9. The van der Waals surface area contributed by atoms with Crippen LogP contribution in [0.1, 0.15) is 24.8 Å². The molecule has 1 unspecified atom stereocenters. The Morgan fingerprint density at radius 2 is 2.14 bits per heavy atom. The summed E-state index contributed by atoms with van der Waals surface area (Å²) in [6.45, 7) is 2.00. The first-order valence-electron chi connectivity index (χ1n) is 7.40. The van der Waals surface area contributed by atoms with Gasteiger partial charge in [0.2, 0.25) is 0 Å². The van der Waals surface area contributed by atoms with Gasteiger partial charge in [-0.05, 0) is 30.9 Å². The van der Waals surface area contributed by atoms with Crippen LogP contribution in [0.3, 0.4) is 0 Å². The highest BCUT2D eigenvalue weighted by Gasteiger charge is 2.36. The third-order valence-corrected chi connectivity index (χ3v) is 4.42. The molecule has 0 aromatic heterocycles. The Morgan fingerprint density at radius 3 is 2.76 bits per heavy atom. The quantitative estimate of drug-likeness (QED) is 0.735. The fraction of sp³-hybridized carbons (Fsp3) is 0.625. The van der Waals surface area contributed by atoms with E-state index >= 15 is 0 Å². The Morgan fingerprint density at radius 1 is 1.38 bits per heavy atom. The van der Waals surface area contributed by atoms with Crippen molar-refractivity contribution in [3.63, 3.8) is 0 Å². The van der Waals surface area contributed by atoms with Gasteiger partial charge < -0.3 is 19.9 Å². The van der Waals surface area contributed by atoms with Gasteiger partial charge in [-0.15, -0.1) is 0 Å². The second kappa shape index (κ2) is 8.11. The van der Waals surface area contributed by atoms with Crippen LogP contribution in [0.4, 0.5) is 0 Å². The van der Waals surface area contributed by atoms with Crippen molar-refractivity contribution in [2.24, 2.45) is 0 Å². The average Bonchev–Trinajstić information content (AvgIpc) is 2.44. The van der Waals surface area contributed by atoms with E-state index in [-0.39, 0.29) is 12.2 Å². The second-order valence-electron chi connectivity index (χ2n) is 5.63. The van der Waals surface area contributed by atoms with Crippen molar-refractivity contribution in [1.29, 1.82) is 0 Å². The second-order valence-corrected chi connectivity index (χ2v) is 6.04. The maximum Gasteiger partial charge on any atom is 0.0897 e. The summed E-state index contributed by atoms with van der Waals surface area (Å²) in [5.41, 5.74) is 0.921. The Labute approximate surface area is 131 Å². The van der Waals surface area contributed by atoms with Crippen molar-refractivity contribution >= 4 is 11.6 Å². The van der Waals surface area contributed by atoms with Crippen LogP contribution in [-0.4, -0.2) is 43.6 Å². The summed E-state index contributed by atoms with van der Waals surface area (Å²) in [6.07, 6.45) is 2.88. The molecule has 5 heteroatoms. The highest BCUT2D eigenvalue weighted by Crippen LogP contribution is 2.34. The van der Waals surface area contributed by atoms with Crippen LogP contribution >= 0.6 is 11.6 Å². The number of aliphatic hydroxyl groups is 1. The molecule has 1 fully saturated rings. The number of benzene rings is 1. The number of hydrogen-bond donors (Lipinski definition) is 2. The van der Waals surface area contributed by atoms with Gasteiger partial charge in [-0.3, -0.25) is 0 Å². The number of ether oxygens (including phenoxy) is 2. The smallest absolute Gasteiger partial charge is 0.0897 e. The van der Waals surface area contributed by atoms with Gasteiger partial charge in [0, 0.05) is 25.2 Å². The predicted octanol–water partition coefficient (Wildman–Crippen LogP) is 2.38. The molecule has 0 aliphatic heterocycles. The molecular formula is C16H24ClNO3. The fourth-order valence-electron chi connectivity index (χ4n) is 2.47. The number of aliphatic hydroxyl groups excluding tert-OH is 1. The SMILES string of the molecule is COC1(CNCC(O)COCc2ccccc2Cl)CCC1. The van der Waals surface area contributed by atoms with Gasteiger partial charge in [0.25, 0.3) is 0 Å². The molecular weight excluding hydrogens is 290 g/mol. The summed E-state index contributed by atoms with van der Waals surface area (Å²) in [4.78, 5) is 0. The molecule has 2 N–H and O–H groups in total. The van der Waals surface area contributed by atoms with Gasteiger partial charge in [-0.2, -0.15) is 0 Å². The van der Waals surface area contributed by atoms with Crippen molar-refractivity contribution in [2.75, 3.05) is 26.8 Å². The summed E-state index contributed by atoms with van der Waals surface area (Å²) < 4.78 is 11.0. The van der Waals surface area contributed by atoms with Crippen molar-refractivity contribution < 1.29 is 14.6 Å².